The summed E-state index contributed by atoms with van der Waals surface area (Å²) in [5.74, 6) is -0.325. The van der Waals surface area contributed by atoms with Crippen molar-refractivity contribution in [2.45, 2.75) is 12.8 Å². The zero-order valence-corrected chi connectivity index (χ0v) is 11.1. The van der Waals surface area contributed by atoms with Crippen molar-refractivity contribution in [2.75, 3.05) is 18.9 Å². The molecular weight excluding hydrogens is 260 g/mol. The molecule has 0 fully saturated rings. The number of amides is 1. The number of H-pyrrole nitrogens is 1. The molecule has 0 saturated carbocycles. The third kappa shape index (κ3) is 3.79. The largest absolute Gasteiger partial charge is 0.439 e. The molecule has 1 aromatic heterocycles. The predicted octanol–water partition coefficient (Wildman–Crippen LogP) is 0.968. The number of hydrogen-bond acceptors (Lipinski definition) is 5. The lowest BCUT2D eigenvalue weighted by molar-refractivity contribution is -0.116. The van der Waals surface area contributed by atoms with Gasteiger partial charge >= 0.3 is 5.76 Å². The van der Waals surface area contributed by atoms with Crippen molar-refractivity contribution in [3.05, 3.63) is 34.8 Å². The molecule has 0 bridgehead atoms. The maximum Gasteiger partial charge on any atom is 0.439 e. The van der Waals surface area contributed by atoms with E-state index in [-0.39, 0.29) is 5.91 Å². The van der Waals surface area contributed by atoms with E-state index in [0.29, 0.717) is 23.5 Å². The molecule has 1 aromatic carbocycles. The summed E-state index contributed by atoms with van der Waals surface area (Å²) >= 11 is 0. The van der Waals surface area contributed by atoms with Crippen LogP contribution in [0.25, 0.3) is 11.4 Å². The number of carbonyl (C=O) groups is 1. The number of anilines is 1. The molecular formula is C13H16N4O3. The van der Waals surface area contributed by atoms with Gasteiger partial charge < -0.3 is 10.6 Å². The van der Waals surface area contributed by atoms with Crippen LogP contribution < -0.4 is 16.4 Å². The molecule has 0 unspecified atom stereocenters. The molecule has 0 atom stereocenters. The van der Waals surface area contributed by atoms with Gasteiger partial charge in [0.15, 0.2) is 5.82 Å². The molecule has 1 amide bonds. The molecule has 1 heterocycles. The van der Waals surface area contributed by atoms with E-state index >= 15 is 0 Å². The lowest BCUT2D eigenvalue weighted by atomic mass is 10.2. The highest BCUT2D eigenvalue weighted by Gasteiger charge is 2.06. The first-order valence-corrected chi connectivity index (χ1v) is 6.30. The average molecular weight is 276 g/mol. The maximum atomic E-state index is 11.7. The van der Waals surface area contributed by atoms with Crippen LogP contribution in [-0.4, -0.2) is 29.6 Å². The summed E-state index contributed by atoms with van der Waals surface area (Å²) in [7, 11) is 1.85. The molecule has 0 spiro atoms. The van der Waals surface area contributed by atoms with Gasteiger partial charge in [0.2, 0.25) is 5.91 Å². The SMILES string of the molecule is CNCCCC(=O)Nc1cccc(-c2noc(=O)[nH]2)c1. The first kappa shape index (κ1) is 14.0. The zero-order chi connectivity index (χ0) is 14.4. The first-order valence-electron chi connectivity index (χ1n) is 6.30. The van der Waals surface area contributed by atoms with Crippen LogP contribution in [0.15, 0.2) is 33.6 Å². The Labute approximate surface area is 115 Å². The number of hydrogen-bond donors (Lipinski definition) is 3. The Morgan fingerprint density at radius 2 is 2.30 bits per heavy atom. The lowest BCUT2D eigenvalue weighted by Gasteiger charge is -2.06. The molecule has 20 heavy (non-hydrogen) atoms. The maximum absolute atomic E-state index is 11.7. The summed E-state index contributed by atoms with van der Waals surface area (Å²) in [6.07, 6.45) is 1.23. The molecule has 7 nitrogen and oxygen atoms in total. The number of carbonyl (C=O) groups excluding carboxylic acids is 1. The minimum atomic E-state index is -0.610. The molecule has 0 saturated heterocycles. The fourth-order valence-electron chi connectivity index (χ4n) is 1.75. The molecule has 2 rings (SSSR count). The van der Waals surface area contributed by atoms with E-state index in [1.54, 1.807) is 24.3 Å². The second-order valence-electron chi connectivity index (χ2n) is 4.28. The molecule has 3 N–H and O–H groups in total. The summed E-state index contributed by atoms with van der Waals surface area (Å²) in [6, 6.07) is 7.04. The van der Waals surface area contributed by atoms with Crippen LogP contribution in [0.4, 0.5) is 5.69 Å². The summed E-state index contributed by atoms with van der Waals surface area (Å²) in [5, 5.41) is 9.39. The van der Waals surface area contributed by atoms with Crippen LogP contribution >= 0.6 is 0 Å². The van der Waals surface area contributed by atoms with Gasteiger partial charge in [-0.2, -0.15) is 0 Å². The van der Waals surface area contributed by atoms with Crippen molar-refractivity contribution in [1.82, 2.24) is 15.5 Å². The van der Waals surface area contributed by atoms with Crippen LogP contribution in [0, 0.1) is 0 Å². The van der Waals surface area contributed by atoms with Crippen LogP contribution in [0.1, 0.15) is 12.8 Å². The van der Waals surface area contributed by atoms with Gasteiger partial charge in [-0.3, -0.25) is 14.3 Å². The Balaban J connectivity index is 2.03. The number of nitrogens with one attached hydrogen (secondary N) is 3. The zero-order valence-electron chi connectivity index (χ0n) is 11.1. The Hall–Kier alpha value is -2.41. The Morgan fingerprint density at radius 1 is 1.45 bits per heavy atom. The molecule has 0 radical (unpaired) electrons. The number of benzene rings is 1. The quantitative estimate of drug-likeness (QED) is 0.683. The fraction of sp³-hybridized carbons (Fsp3) is 0.308. The van der Waals surface area contributed by atoms with Crippen LogP contribution in [0.3, 0.4) is 0 Å². The van der Waals surface area contributed by atoms with Crippen molar-refractivity contribution in [1.29, 1.82) is 0 Å². The number of rotatable bonds is 6. The fourth-order valence-corrected chi connectivity index (χ4v) is 1.75. The predicted molar refractivity (Wildman–Crippen MR) is 74.4 cm³/mol. The topological polar surface area (TPSA) is 100 Å². The van der Waals surface area contributed by atoms with Crippen molar-refractivity contribution in [2.24, 2.45) is 0 Å². The van der Waals surface area contributed by atoms with Crippen LogP contribution in [-0.2, 0) is 4.79 Å². The number of aromatic nitrogens is 2. The van der Waals surface area contributed by atoms with Crippen molar-refractivity contribution >= 4 is 11.6 Å². The highest BCUT2D eigenvalue weighted by molar-refractivity contribution is 5.91. The summed E-state index contributed by atoms with van der Waals surface area (Å²) in [6.45, 7) is 0.799. The van der Waals surface area contributed by atoms with Crippen LogP contribution in [0.2, 0.25) is 0 Å². The second kappa shape index (κ2) is 6.67. The highest BCUT2D eigenvalue weighted by atomic mass is 16.5. The summed E-state index contributed by atoms with van der Waals surface area (Å²) in [4.78, 5) is 25.1. The van der Waals surface area contributed by atoms with Gasteiger partial charge in [0.1, 0.15) is 0 Å². The minimum Gasteiger partial charge on any atom is -0.326 e. The Kier molecular flexibility index (Phi) is 4.67. The van der Waals surface area contributed by atoms with Crippen molar-refractivity contribution in [3.63, 3.8) is 0 Å². The molecule has 2 aromatic rings. The summed E-state index contributed by atoms with van der Waals surface area (Å²) < 4.78 is 4.45. The van der Waals surface area contributed by atoms with Gasteiger partial charge in [-0.05, 0) is 32.1 Å². The van der Waals surface area contributed by atoms with Crippen LogP contribution in [0.5, 0.6) is 0 Å². The Bertz CT molecular complexity index is 632. The summed E-state index contributed by atoms with van der Waals surface area (Å²) in [5.41, 5.74) is 1.32. The first-order chi connectivity index (χ1) is 9.69. The van der Waals surface area contributed by atoms with Gasteiger partial charge in [0.25, 0.3) is 0 Å². The number of nitrogens with zero attached hydrogens (tertiary/aromatic N) is 1. The molecule has 0 aliphatic carbocycles. The highest BCUT2D eigenvalue weighted by Crippen LogP contribution is 2.18. The number of aromatic amines is 1. The normalized spacial score (nSPS) is 10.4. The third-order valence-corrected chi connectivity index (χ3v) is 2.69. The van der Waals surface area contributed by atoms with Crippen molar-refractivity contribution < 1.29 is 9.32 Å². The van der Waals surface area contributed by atoms with E-state index in [4.69, 9.17) is 0 Å². The van der Waals surface area contributed by atoms with E-state index in [1.807, 2.05) is 7.05 Å². The molecule has 0 aliphatic heterocycles. The average Bonchev–Trinajstić information content (AvgIpc) is 2.86. The van der Waals surface area contributed by atoms with E-state index in [0.717, 1.165) is 13.0 Å². The molecule has 7 heteroatoms. The van der Waals surface area contributed by atoms with Gasteiger partial charge in [0.05, 0.1) is 0 Å². The van der Waals surface area contributed by atoms with E-state index in [2.05, 4.69) is 25.3 Å². The monoisotopic (exact) mass is 276 g/mol. The lowest BCUT2D eigenvalue weighted by Crippen LogP contribution is -2.15. The standard InChI is InChI=1S/C13H16N4O3/c1-14-7-3-6-11(18)15-10-5-2-4-9(8-10)12-16-13(19)20-17-12/h2,4-5,8,14H,3,6-7H2,1H3,(H,15,18)(H,16,17,19). The molecule has 106 valence electrons. The van der Waals surface area contributed by atoms with Gasteiger partial charge in [-0.25, -0.2) is 4.79 Å². The smallest absolute Gasteiger partial charge is 0.326 e. The van der Waals surface area contributed by atoms with Crippen molar-refractivity contribution in [3.8, 4) is 11.4 Å². The second-order valence-corrected chi connectivity index (χ2v) is 4.28. The van der Waals surface area contributed by atoms with Gasteiger partial charge in [-0.15, -0.1) is 0 Å². The molecule has 0 aliphatic rings. The minimum absolute atomic E-state index is 0.0500. The van der Waals surface area contributed by atoms with E-state index in [1.165, 1.54) is 0 Å². The van der Waals surface area contributed by atoms with E-state index in [9.17, 15) is 9.59 Å². The Morgan fingerprint density at radius 3 is 3.00 bits per heavy atom. The van der Waals surface area contributed by atoms with Gasteiger partial charge in [-0.1, -0.05) is 17.3 Å². The van der Waals surface area contributed by atoms with E-state index < -0.39 is 5.76 Å². The van der Waals surface area contributed by atoms with Gasteiger partial charge in [0, 0.05) is 17.7 Å². The third-order valence-electron chi connectivity index (χ3n) is 2.69.